The van der Waals surface area contributed by atoms with Crippen LogP contribution in [0, 0.1) is 11.6 Å². The molecule has 1 aliphatic heterocycles. The number of carbonyl (C=O) groups is 3. The van der Waals surface area contributed by atoms with E-state index in [2.05, 4.69) is 10.6 Å². The lowest BCUT2D eigenvalue weighted by atomic mass is 9.92. The summed E-state index contributed by atoms with van der Waals surface area (Å²) in [6.07, 6.45) is 0. The summed E-state index contributed by atoms with van der Waals surface area (Å²) in [6, 6.07) is 8.50. The van der Waals surface area contributed by atoms with Crippen LogP contribution in [0.25, 0.3) is 0 Å². The average molecular weight is 447 g/mol. The Morgan fingerprint density at radius 1 is 1.22 bits per heavy atom. The lowest BCUT2D eigenvalue weighted by Crippen LogP contribution is -2.46. The lowest BCUT2D eigenvalue weighted by Gasteiger charge is -2.25. The summed E-state index contributed by atoms with van der Waals surface area (Å²) in [5.41, 5.74) is -2.91. The molecule has 1 heterocycles. The Kier molecular flexibility index (Phi) is 6.18. The molecule has 0 unspecified atom stereocenters. The SMILES string of the molecule is COc1ccc([C@@]2(C)NC(=O)N(CC(=O)NC[C@@](C)(O)c3ccc(F)cc3F)C2=O)cc1. The van der Waals surface area contributed by atoms with Crippen molar-refractivity contribution in [3.8, 4) is 5.75 Å². The third kappa shape index (κ3) is 4.40. The van der Waals surface area contributed by atoms with Crippen LogP contribution in [0.2, 0.25) is 0 Å². The number of aliphatic hydroxyl groups is 1. The molecule has 2 atom stereocenters. The molecule has 1 saturated heterocycles. The fourth-order valence-corrected chi connectivity index (χ4v) is 3.45. The number of rotatable bonds is 7. The second kappa shape index (κ2) is 8.54. The molecule has 4 amide bonds. The van der Waals surface area contributed by atoms with Crippen LogP contribution in [0.5, 0.6) is 5.75 Å². The van der Waals surface area contributed by atoms with Crippen molar-refractivity contribution < 1.29 is 33.0 Å². The quantitative estimate of drug-likeness (QED) is 0.561. The van der Waals surface area contributed by atoms with Gasteiger partial charge >= 0.3 is 6.03 Å². The van der Waals surface area contributed by atoms with Crippen molar-refractivity contribution >= 4 is 17.8 Å². The van der Waals surface area contributed by atoms with Gasteiger partial charge < -0.3 is 20.5 Å². The number of hydrogen-bond acceptors (Lipinski definition) is 5. The molecule has 10 heteroatoms. The summed E-state index contributed by atoms with van der Waals surface area (Å²) in [5.74, 6) is -2.55. The number of imide groups is 1. The van der Waals surface area contributed by atoms with Crippen molar-refractivity contribution in [1.29, 1.82) is 0 Å². The molecule has 2 aromatic carbocycles. The van der Waals surface area contributed by atoms with E-state index in [-0.39, 0.29) is 5.56 Å². The zero-order valence-corrected chi connectivity index (χ0v) is 17.7. The van der Waals surface area contributed by atoms with Crippen molar-refractivity contribution in [3.05, 3.63) is 65.2 Å². The van der Waals surface area contributed by atoms with E-state index in [0.717, 1.165) is 17.0 Å². The van der Waals surface area contributed by atoms with Gasteiger partial charge in [0.25, 0.3) is 5.91 Å². The lowest BCUT2D eigenvalue weighted by molar-refractivity contribution is -0.135. The van der Waals surface area contributed by atoms with Gasteiger partial charge in [0.05, 0.1) is 13.7 Å². The summed E-state index contributed by atoms with van der Waals surface area (Å²) < 4.78 is 32.2. The van der Waals surface area contributed by atoms with Gasteiger partial charge in [-0.1, -0.05) is 18.2 Å². The number of amides is 4. The van der Waals surface area contributed by atoms with E-state index >= 15 is 0 Å². The molecule has 0 bridgehead atoms. The Balaban J connectivity index is 1.67. The average Bonchev–Trinajstić information content (AvgIpc) is 2.96. The van der Waals surface area contributed by atoms with Gasteiger partial charge in [-0.05, 0) is 37.6 Å². The molecule has 32 heavy (non-hydrogen) atoms. The fraction of sp³-hybridized carbons (Fsp3) is 0.318. The predicted molar refractivity (Wildman–Crippen MR) is 110 cm³/mol. The molecule has 3 N–H and O–H groups in total. The maximum atomic E-state index is 14.0. The van der Waals surface area contributed by atoms with Gasteiger partial charge in [0, 0.05) is 11.6 Å². The normalized spacial score (nSPS) is 20.0. The first-order valence-electron chi connectivity index (χ1n) is 9.71. The Morgan fingerprint density at radius 2 is 1.88 bits per heavy atom. The monoisotopic (exact) mass is 447 g/mol. The molecule has 0 spiro atoms. The zero-order valence-electron chi connectivity index (χ0n) is 17.7. The van der Waals surface area contributed by atoms with Crippen LogP contribution in [0.15, 0.2) is 42.5 Å². The van der Waals surface area contributed by atoms with E-state index in [4.69, 9.17) is 4.74 Å². The Bertz CT molecular complexity index is 1060. The second-order valence-corrected chi connectivity index (χ2v) is 7.85. The smallest absolute Gasteiger partial charge is 0.325 e. The van der Waals surface area contributed by atoms with Crippen LogP contribution >= 0.6 is 0 Å². The maximum Gasteiger partial charge on any atom is 0.325 e. The molecule has 1 aliphatic rings. The predicted octanol–water partition coefficient (Wildman–Crippen LogP) is 1.76. The minimum atomic E-state index is -1.84. The van der Waals surface area contributed by atoms with Crippen LogP contribution in [0.3, 0.4) is 0 Å². The van der Waals surface area contributed by atoms with Crippen molar-refractivity contribution in [1.82, 2.24) is 15.5 Å². The van der Waals surface area contributed by atoms with Crippen LogP contribution in [0.4, 0.5) is 13.6 Å². The number of ether oxygens (including phenoxy) is 1. The first-order valence-corrected chi connectivity index (χ1v) is 9.71. The summed E-state index contributed by atoms with van der Waals surface area (Å²) in [5, 5.41) is 15.5. The van der Waals surface area contributed by atoms with E-state index in [1.807, 2.05) is 0 Å². The van der Waals surface area contributed by atoms with E-state index in [1.54, 1.807) is 24.3 Å². The standard InChI is InChI=1S/C22H23F2N3O5/c1-21(31,16-9-6-14(23)10-17(16)24)12-25-18(28)11-27-19(29)22(2,26-20(27)30)13-4-7-15(32-3)8-5-13/h4-10,31H,11-12H2,1-3H3,(H,25,28)(H,26,30)/t21-,22-/m1/s1. The van der Waals surface area contributed by atoms with Gasteiger partial charge in [0.15, 0.2) is 0 Å². The van der Waals surface area contributed by atoms with Gasteiger partial charge in [-0.2, -0.15) is 0 Å². The van der Waals surface area contributed by atoms with E-state index in [9.17, 15) is 28.3 Å². The van der Waals surface area contributed by atoms with E-state index in [0.29, 0.717) is 17.4 Å². The van der Waals surface area contributed by atoms with Gasteiger partial charge in [-0.15, -0.1) is 0 Å². The highest BCUT2D eigenvalue weighted by Crippen LogP contribution is 2.30. The Labute approximate surface area is 183 Å². The molecular weight excluding hydrogens is 424 g/mol. The maximum absolute atomic E-state index is 14.0. The van der Waals surface area contributed by atoms with Crippen LogP contribution < -0.4 is 15.4 Å². The van der Waals surface area contributed by atoms with Crippen LogP contribution in [-0.4, -0.2) is 48.1 Å². The highest BCUT2D eigenvalue weighted by Gasteiger charge is 2.49. The number of halogens is 2. The van der Waals surface area contributed by atoms with E-state index in [1.165, 1.54) is 21.0 Å². The molecule has 170 valence electrons. The summed E-state index contributed by atoms with van der Waals surface area (Å²) in [4.78, 5) is 38.4. The third-order valence-corrected chi connectivity index (χ3v) is 5.39. The zero-order chi connectivity index (χ0) is 23.7. The van der Waals surface area contributed by atoms with Crippen LogP contribution in [-0.2, 0) is 20.7 Å². The second-order valence-electron chi connectivity index (χ2n) is 7.85. The molecule has 0 saturated carbocycles. The molecule has 3 rings (SSSR count). The van der Waals surface area contributed by atoms with Gasteiger partial charge in [-0.3, -0.25) is 14.5 Å². The highest BCUT2D eigenvalue weighted by molar-refractivity contribution is 6.09. The summed E-state index contributed by atoms with van der Waals surface area (Å²) >= 11 is 0. The number of nitrogens with one attached hydrogen (secondary N) is 2. The molecule has 8 nitrogen and oxygen atoms in total. The molecule has 2 aromatic rings. The number of urea groups is 1. The Hall–Kier alpha value is -3.53. The molecule has 0 radical (unpaired) electrons. The Morgan fingerprint density at radius 3 is 2.47 bits per heavy atom. The van der Waals surface area contributed by atoms with Gasteiger partial charge in [-0.25, -0.2) is 13.6 Å². The van der Waals surface area contributed by atoms with Crippen molar-refractivity contribution in [2.45, 2.75) is 25.0 Å². The molecule has 0 aromatic heterocycles. The van der Waals surface area contributed by atoms with E-state index < -0.39 is 53.7 Å². The van der Waals surface area contributed by atoms with Crippen molar-refractivity contribution in [3.63, 3.8) is 0 Å². The van der Waals surface area contributed by atoms with Gasteiger partial charge in [0.2, 0.25) is 5.91 Å². The molecule has 0 aliphatic carbocycles. The summed E-state index contributed by atoms with van der Waals surface area (Å²) in [7, 11) is 1.50. The highest BCUT2D eigenvalue weighted by atomic mass is 19.1. The summed E-state index contributed by atoms with van der Waals surface area (Å²) in [6.45, 7) is 1.75. The van der Waals surface area contributed by atoms with Gasteiger partial charge in [0.1, 0.15) is 35.1 Å². The number of carbonyl (C=O) groups excluding carboxylic acids is 3. The number of hydrogen-bond donors (Lipinski definition) is 3. The largest absolute Gasteiger partial charge is 0.497 e. The minimum absolute atomic E-state index is 0.207. The number of methoxy groups -OCH3 is 1. The first-order chi connectivity index (χ1) is 15.0. The van der Waals surface area contributed by atoms with Crippen LogP contribution in [0.1, 0.15) is 25.0 Å². The van der Waals surface area contributed by atoms with Crippen molar-refractivity contribution in [2.75, 3.05) is 20.2 Å². The number of benzene rings is 2. The minimum Gasteiger partial charge on any atom is -0.497 e. The molecular formula is C22H23F2N3O5. The topological polar surface area (TPSA) is 108 Å². The van der Waals surface area contributed by atoms with Crippen molar-refractivity contribution in [2.24, 2.45) is 0 Å². The first kappa shape index (κ1) is 23.1. The third-order valence-electron chi connectivity index (χ3n) is 5.39. The fourth-order valence-electron chi connectivity index (χ4n) is 3.45. The number of nitrogens with zero attached hydrogens (tertiary/aromatic N) is 1. The molecule has 1 fully saturated rings.